The van der Waals surface area contributed by atoms with Crippen molar-refractivity contribution < 1.29 is 24.6 Å². The minimum atomic E-state index is -1.14. The Morgan fingerprint density at radius 3 is 2.19 bits per heavy atom. The van der Waals surface area contributed by atoms with E-state index in [4.69, 9.17) is 10.2 Å². The van der Waals surface area contributed by atoms with Gasteiger partial charge in [0.2, 0.25) is 11.8 Å². The van der Waals surface area contributed by atoms with Gasteiger partial charge in [-0.25, -0.2) is 4.79 Å². The normalized spacial score (nSPS) is 20.9. The summed E-state index contributed by atoms with van der Waals surface area (Å²) in [6.07, 6.45) is 3.08. The summed E-state index contributed by atoms with van der Waals surface area (Å²) in [6, 6.07) is -1.05. The molecule has 1 heterocycles. The molecule has 2 rings (SSSR count). The van der Waals surface area contributed by atoms with Crippen molar-refractivity contribution in [1.82, 2.24) is 10.2 Å². The fraction of sp³-hybridized carbons (Fsp3) is 0.786. The van der Waals surface area contributed by atoms with Gasteiger partial charge in [0.1, 0.15) is 6.04 Å². The molecule has 1 saturated carbocycles. The van der Waals surface area contributed by atoms with Crippen LogP contribution in [0.4, 0.5) is 0 Å². The van der Waals surface area contributed by atoms with Gasteiger partial charge in [-0.1, -0.05) is 0 Å². The van der Waals surface area contributed by atoms with E-state index in [1.54, 1.807) is 0 Å². The first-order valence-electron chi connectivity index (χ1n) is 7.45. The highest BCUT2D eigenvalue weighted by Crippen LogP contribution is 2.32. The average Bonchev–Trinajstić information content (AvgIpc) is 3.30. The van der Waals surface area contributed by atoms with Crippen molar-refractivity contribution in [2.75, 3.05) is 19.7 Å². The van der Waals surface area contributed by atoms with Crippen LogP contribution in [-0.2, 0) is 14.4 Å². The van der Waals surface area contributed by atoms with E-state index in [1.807, 2.05) is 4.90 Å². The number of hydrogen-bond donors (Lipinski definition) is 3. The van der Waals surface area contributed by atoms with Crippen molar-refractivity contribution in [2.45, 2.75) is 38.1 Å². The van der Waals surface area contributed by atoms with E-state index < -0.39 is 12.0 Å². The van der Waals surface area contributed by atoms with Crippen LogP contribution < -0.4 is 5.32 Å². The molecule has 0 radical (unpaired) electrons. The van der Waals surface area contributed by atoms with Gasteiger partial charge in [0.25, 0.3) is 0 Å². The monoisotopic (exact) mass is 298 g/mol. The zero-order valence-corrected chi connectivity index (χ0v) is 12.0. The molecule has 0 unspecified atom stereocenters. The lowest BCUT2D eigenvalue weighted by Gasteiger charge is -2.32. The predicted molar refractivity (Wildman–Crippen MR) is 73.3 cm³/mol. The zero-order chi connectivity index (χ0) is 15.4. The highest BCUT2D eigenvalue weighted by Gasteiger charge is 2.36. The molecule has 2 aliphatic rings. The second kappa shape index (κ2) is 6.89. The van der Waals surface area contributed by atoms with Gasteiger partial charge in [0, 0.05) is 38.0 Å². The molecule has 3 N–H and O–H groups in total. The third kappa shape index (κ3) is 4.17. The van der Waals surface area contributed by atoms with Crippen LogP contribution in [0.3, 0.4) is 0 Å². The quantitative estimate of drug-likeness (QED) is 0.618. The lowest BCUT2D eigenvalue weighted by molar-refractivity contribution is -0.143. The Bertz CT molecular complexity index is 414. The third-order valence-electron chi connectivity index (χ3n) is 4.14. The van der Waals surface area contributed by atoms with Gasteiger partial charge in [-0.05, 0) is 25.7 Å². The van der Waals surface area contributed by atoms with E-state index in [-0.39, 0.29) is 36.7 Å². The van der Waals surface area contributed by atoms with Crippen molar-refractivity contribution in [3.8, 4) is 0 Å². The molecule has 0 aromatic heterocycles. The summed E-state index contributed by atoms with van der Waals surface area (Å²) in [5.41, 5.74) is 0. The number of aliphatic hydroxyl groups is 1. The lowest BCUT2D eigenvalue weighted by Crippen LogP contribution is -2.48. The van der Waals surface area contributed by atoms with Crippen LogP contribution in [-0.4, -0.2) is 58.6 Å². The number of amides is 2. The zero-order valence-electron chi connectivity index (χ0n) is 12.0. The van der Waals surface area contributed by atoms with Gasteiger partial charge in [0.15, 0.2) is 0 Å². The van der Waals surface area contributed by atoms with E-state index in [0.29, 0.717) is 25.9 Å². The largest absolute Gasteiger partial charge is 0.480 e. The van der Waals surface area contributed by atoms with Crippen molar-refractivity contribution in [2.24, 2.45) is 11.8 Å². The van der Waals surface area contributed by atoms with Gasteiger partial charge in [-0.3, -0.25) is 9.59 Å². The number of carbonyl (C=O) groups excluding carboxylic acids is 2. The fourth-order valence-corrected chi connectivity index (χ4v) is 2.63. The molecule has 21 heavy (non-hydrogen) atoms. The van der Waals surface area contributed by atoms with Crippen LogP contribution >= 0.6 is 0 Å². The minimum absolute atomic E-state index is 0.0000836. The standard InChI is InChI=1S/C14H22N2O5/c17-8-5-11(14(20)21)15-12(18)9-3-6-16(7-4-9)13(19)10-1-2-10/h9-11,17H,1-8H2,(H,15,18)(H,20,21)/t11-/m1/s1. The highest BCUT2D eigenvalue weighted by atomic mass is 16.4. The van der Waals surface area contributed by atoms with Gasteiger partial charge in [-0.15, -0.1) is 0 Å². The molecule has 0 aromatic rings. The van der Waals surface area contributed by atoms with Crippen LogP contribution in [0.5, 0.6) is 0 Å². The first kappa shape index (κ1) is 15.8. The molecular formula is C14H22N2O5. The Kier molecular flexibility index (Phi) is 5.17. The van der Waals surface area contributed by atoms with Crippen molar-refractivity contribution in [1.29, 1.82) is 0 Å². The first-order chi connectivity index (χ1) is 10.0. The number of nitrogens with one attached hydrogen (secondary N) is 1. The van der Waals surface area contributed by atoms with Gasteiger partial charge in [-0.2, -0.15) is 0 Å². The van der Waals surface area contributed by atoms with Gasteiger partial charge >= 0.3 is 5.97 Å². The molecule has 7 nitrogen and oxygen atoms in total. The van der Waals surface area contributed by atoms with Crippen molar-refractivity contribution in [3.63, 3.8) is 0 Å². The number of hydrogen-bond acceptors (Lipinski definition) is 4. The van der Waals surface area contributed by atoms with E-state index in [1.165, 1.54) is 0 Å². The highest BCUT2D eigenvalue weighted by molar-refractivity contribution is 5.85. The molecule has 7 heteroatoms. The summed E-state index contributed by atoms with van der Waals surface area (Å²) in [4.78, 5) is 36.7. The van der Waals surface area contributed by atoms with Crippen LogP contribution in [0.2, 0.25) is 0 Å². The maximum atomic E-state index is 12.1. The maximum Gasteiger partial charge on any atom is 0.326 e. The Hall–Kier alpha value is -1.63. The van der Waals surface area contributed by atoms with Crippen LogP contribution in [0.15, 0.2) is 0 Å². The molecule has 1 saturated heterocycles. The molecule has 1 aliphatic carbocycles. The summed E-state index contributed by atoms with van der Waals surface area (Å²) in [7, 11) is 0. The van der Waals surface area contributed by atoms with E-state index in [9.17, 15) is 14.4 Å². The number of aliphatic hydroxyl groups excluding tert-OH is 1. The second-order valence-corrected chi connectivity index (χ2v) is 5.79. The van der Waals surface area contributed by atoms with Gasteiger partial charge < -0.3 is 20.4 Å². The molecule has 1 aliphatic heterocycles. The molecule has 0 bridgehead atoms. The smallest absolute Gasteiger partial charge is 0.326 e. The Balaban J connectivity index is 1.79. The molecule has 118 valence electrons. The van der Waals surface area contributed by atoms with E-state index >= 15 is 0 Å². The van der Waals surface area contributed by atoms with E-state index in [0.717, 1.165) is 12.8 Å². The molecule has 1 atom stereocenters. The number of carboxylic acid groups (broad SMARTS) is 1. The number of rotatable bonds is 6. The number of nitrogens with zero attached hydrogens (tertiary/aromatic N) is 1. The topological polar surface area (TPSA) is 107 Å². The number of aliphatic carboxylic acids is 1. The van der Waals surface area contributed by atoms with Crippen molar-refractivity contribution in [3.05, 3.63) is 0 Å². The fourth-order valence-electron chi connectivity index (χ4n) is 2.63. The number of likely N-dealkylation sites (tertiary alicyclic amines) is 1. The molecular weight excluding hydrogens is 276 g/mol. The number of piperidine rings is 1. The van der Waals surface area contributed by atoms with Crippen molar-refractivity contribution >= 4 is 17.8 Å². The molecule has 0 spiro atoms. The van der Waals surface area contributed by atoms with Crippen LogP contribution in [0, 0.1) is 11.8 Å². The summed E-state index contributed by atoms with van der Waals surface area (Å²) in [5.74, 6) is -1.31. The lowest BCUT2D eigenvalue weighted by atomic mass is 9.95. The minimum Gasteiger partial charge on any atom is -0.480 e. The Labute approximate surface area is 123 Å². The number of carbonyl (C=O) groups is 3. The van der Waals surface area contributed by atoms with Crippen LogP contribution in [0.25, 0.3) is 0 Å². The second-order valence-electron chi connectivity index (χ2n) is 5.79. The maximum absolute atomic E-state index is 12.1. The molecule has 2 amide bonds. The summed E-state index contributed by atoms with van der Waals surface area (Å²) >= 11 is 0. The van der Waals surface area contributed by atoms with Crippen LogP contribution in [0.1, 0.15) is 32.1 Å². The number of carboxylic acids is 1. The SMILES string of the molecule is O=C(N[C@H](CCO)C(=O)O)C1CCN(C(=O)C2CC2)CC1. The predicted octanol–water partition coefficient (Wildman–Crippen LogP) is -0.413. The third-order valence-corrected chi connectivity index (χ3v) is 4.14. The first-order valence-corrected chi connectivity index (χ1v) is 7.45. The Morgan fingerprint density at radius 2 is 1.71 bits per heavy atom. The summed E-state index contributed by atoms with van der Waals surface area (Å²) in [5, 5.41) is 20.2. The molecule has 2 fully saturated rings. The summed E-state index contributed by atoms with van der Waals surface area (Å²) in [6.45, 7) is 0.835. The Morgan fingerprint density at radius 1 is 1.10 bits per heavy atom. The van der Waals surface area contributed by atoms with E-state index in [2.05, 4.69) is 5.32 Å². The average molecular weight is 298 g/mol. The summed E-state index contributed by atoms with van der Waals surface area (Å²) < 4.78 is 0. The van der Waals surface area contributed by atoms with Gasteiger partial charge in [0.05, 0.1) is 0 Å². The molecule has 0 aromatic carbocycles.